The summed E-state index contributed by atoms with van der Waals surface area (Å²) >= 11 is 0. The van der Waals surface area contributed by atoms with Gasteiger partial charge in [-0.15, -0.1) is 24.0 Å². The van der Waals surface area contributed by atoms with Gasteiger partial charge < -0.3 is 15.5 Å². The number of nitrogens with one attached hydrogen (secondary N) is 2. The number of rotatable bonds is 8. The molecule has 0 radical (unpaired) electrons. The van der Waals surface area contributed by atoms with Gasteiger partial charge in [-0.1, -0.05) is 42.5 Å². The Morgan fingerprint density at radius 1 is 1.07 bits per heavy atom. The van der Waals surface area contributed by atoms with E-state index in [2.05, 4.69) is 15.6 Å². The van der Waals surface area contributed by atoms with Gasteiger partial charge in [0.25, 0.3) is 0 Å². The maximum Gasteiger partial charge on any atom is 0.222 e. The van der Waals surface area contributed by atoms with E-state index in [4.69, 9.17) is 0 Å². The molecule has 0 bridgehead atoms. The van der Waals surface area contributed by atoms with E-state index in [0.717, 1.165) is 11.1 Å². The highest BCUT2D eigenvalue weighted by Crippen LogP contribution is 2.06. The molecule has 0 aliphatic rings. The fourth-order valence-electron chi connectivity index (χ4n) is 2.60. The van der Waals surface area contributed by atoms with Crippen LogP contribution in [-0.4, -0.2) is 36.9 Å². The summed E-state index contributed by atoms with van der Waals surface area (Å²) in [6.07, 6.45) is 0.315. The Hall–Kier alpha value is -2.16. The first kappa shape index (κ1) is 23.9. The van der Waals surface area contributed by atoms with Gasteiger partial charge in [0.05, 0.1) is 6.54 Å². The van der Waals surface area contributed by atoms with E-state index in [0.29, 0.717) is 38.6 Å². The summed E-state index contributed by atoms with van der Waals surface area (Å²) in [7, 11) is 1.89. The number of hydrogen-bond acceptors (Lipinski definition) is 2. The molecular weight excluding hydrogens is 470 g/mol. The summed E-state index contributed by atoms with van der Waals surface area (Å²) in [5.74, 6) is 0.404. The number of amides is 1. The van der Waals surface area contributed by atoms with Crippen LogP contribution in [0.3, 0.4) is 0 Å². The molecule has 7 heteroatoms. The predicted molar refractivity (Wildman–Crippen MR) is 122 cm³/mol. The van der Waals surface area contributed by atoms with Gasteiger partial charge >= 0.3 is 0 Å². The fraction of sp³-hybridized carbons (Fsp3) is 0.333. The third-order valence-electron chi connectivity index (χ3n) is 3.94. The van der Waals surface area contributed by atoms with Crippen molar-refractivity contribution in [1.82, 2.24) is 15.5 Å². The maximum absolute atomic E-state index is 13.3. The van der Waals surface area contributed by atoms with Crippen molar-refractivity contribution < 1.29 is 9.18 Å². The van der Waals surface area contributed by atoms with Gasteiger partial charge in [-0.25, -0.2) is 4.39 Å². The molecule has 2 N–H and O–H groups in total. The van der Waals surface area contributed by atoms with Gasteiger partial charge in [0.15, 0.2) is 5.96 Å². The number of halogens is 2. The van der Waals surface area contributed by atoms with Crippen molar-refractivity contribution in [2.75, 3.05) is 20.1 Å². The third-order valence-corrected chi connectivity index (χ3v) is 3.94. The Kier molecular flexibility index (Phi) is 11.2. The SMILES string of the molecule is CCNC(=NCCC(=O)NCc1ccccc1)N(C)Cc1cccc(F)c1.I. The first-order chi connectivity index (χ1) is 13.1. The number of aliphatic imine (C=N–C) groups is 1. The lowest BCUT2D eigenvalue weighted by Crippen LogP contribution is -2.38. The first-order valence-electron chi connectivity index (χ1n) is 9.13. The second-order valence-electron chi connectivity index (χ2n) is 6.23. The molecular formula is C21H28FIN4O. The Labute approximate surface area is 183 Å². The van der Waals surface area contributed by atoms with Crippen LogP contribution in [-0.2, 0) is 17.9 Å². The van der Waals surface area contributed by atoms with E-state index < -0.39 is 0 Å². The zero-order valence-corrected chi connectivity index (χ0v) is 18.7. The van der Waals surface area contributed by atoms with Gasteiger partial charge in [0.1, 0.15) is 5.82 Å². The van der Waals surface area contributed by atoms with Crippen LogP contribution in [0.2, 0.25) is 0 Å². The van der Waals surface area contributed by atoms with Crippen molar-refractivity contribution >= 4 is 35.8 Å². The summed E-state index contributed by atoms with van der Waals surface area (Å²) in [5.41, 5.74) is 1.93. The van der Waals surface area contributed by atoms with Crippen LogP contribution in [0.1, 0.15) is 24.5 Å². The van der Waals surface area contributed by atoms with Crippen molar-refractivity contribution in [3.8, 4) is 0 Å². The largest absolute Gasteiger partial charge is 0.357 e. The minimum Gasteiger partial charge on any atom is -0.357 e. The molecule has 2 aromatic carbocycles. The Balaban J connectivity index is 0.00000392. The van der Waals surface area contributed by atoms with Gasteiger partial charge in [-0.3, -0.25) is 9.79 Å². The zero-order chi connectivity index (χ0) is 19.5. The van der Waals surface area contributed by atoms with Crippen molar-refractivity contribution in [1.29, 1.82) is 0 Å². The van der Waals surface area contributed by atoms with Gasteiger partial charge in [-0.2, -0.15) is 0 Å². The molecule has 0 aliphatic heterocycles. The summed E-state index contributed by atoms with van der Waals surface area (Å²) in [6, 6.07) is 16.3. The highest BCUT2D eigenvalue weighted by atomic mass is 127. The van der Waals surface area contributed by atoms with Crippen LogP contribution in [0.25, 0.3) is 0 Å². The number of carbonyl (C=O) groups is 1. The molecule has 0 unspecified atom stereocenters. The molecule has 0 aliphatic carbocycles. The molecule has 5 nitrogen and oxygen atoms in total. The molecule has 0 saturated carbocycles. The monoisotopic (exact) mass is 498 g/mol. The third kappa shape index (κ3) is 8.69. The molecule has 0 spiro atoms. The van der Waals surface area contributed by atoms with Gasteiger partial charge in [-0.05, 0) is 30.2 Å². The molecule has 2 aromatic rings. The van der Waals surface area contributed by atoms with Crippen LogP contribution < -0.4 is 10.6 Å². The average Bonchev–Trinajstić information content (AvgIpc) is 2.66. The molecule has 0 heterocycles. The number of guanidine groups is 1. The molecule has 152 valence electrons. The van der Waals surface area contributed by atoms with Crippen molar-refractivity contribution in [3.05, 3.63) is 71.5 Å². The van der Waals surface area contributed by atoms with Crippen LogP contribution in [0.5, 0.6) is 0 Å². The van der Waals surface area contributed by atoms with E-state index in [1.807, 2.05) is 55.3 Å². The molecule has 28 heavy (non-hydrogen) atoms. The smallest absolute Gasteiger partial charge is 0.222 e. The van der Waals surface area contributed by atoms with Gasteiger partial charge in [0.2, 0.25) is 5.91 Å². The first-order valence-corrected chi connectivity index (χ1v) is 9.13. The summed E-state index contributed by atoms with van der Waals surface area (Å²) in [6.45, 7) is 4.13. The summed E-state index contributed by atoms with van der Waals surface area (Å²) in [5, 5.41) is 6.10. The quantitative estimate of drug-likeness (QED) is 0.333. The number of nitrogens with zero attached hydrogens (tertiary/aromatic N) is 2. The highest BCUT2D eigenvalue weighted by molar-refractivity contribution is 14.0. The number of carbonyl (C=O) groups excluding carboxylic acids is 1. The van der Waals surface area contributed by atoms with E-state index in [1.54, 1.807) is 6.07 Å². The Bertz CT molecular complexity index is 755. The van der Waals surface area contributed by atoms with E-state index in [-0.39, 0.29) is 35.7 Å². The molecule has 0 fully saturated rings. The second-order valence-corrected chi connectivity index (χ2v) is 6.23. The lowest BCUT2D eigenvalue weighted by molar-refractivity contribution is -0.121. The standard InChI is InChI=1S/C21H27FN4O.HI/c1-3-23-21(26(2)16-18-10-7-11-19(22)14-18)24-13-12-20(27)25-15-17-8-5-4-6-9-17;/h4-11,14H,3,12-13,15-16H2,1-2H3,(H,23,24)(H,25,27);1H. The van der Waals surface area contributed by atoms with Gasteiger partial charge in [0, 0.05) is 33.1 Å². The van der Waals surface area contributed by atoms with E-state index in [1.165, 1.54) is 12.1 Å². The number of benzene rings is 2. The van der Waals surface area contributed by atoms with Crippen LogP contribution >= 0.6 is 24.0 Å². The average molecular weight is 498 g/mol. The van der Waals surface area contributed by atoms with E-state index >= 15 is 0 Å². The second kappa shape index (κ2) is 13.1. The molecule has 1 amide bonds. The lowest BCUT2D eigenvalue weighted by atomic mass is 10.2. The van der Waals surface area contributed by atoms with Crippen LogP contribution in [0.4, 0.5) is 4.39 Å². The minimum absolute atomic E-state index is 0. The molecule has 2 rings (SSSR count). The molecule has 0 saturated heterocycles. The predicted octanol–water partition coefficient (Wildman–Crippen LogP) is 3.55. The normalized spacial score (nSPS) is 10.8. The summed E-state index contributed by atoms with van der Waals surface area (Å²) < 4.78 is 13.3. The number of hydrogen-bond donors (Lipinski definition) is 2. The van der Waals surface area contributed by atoms with Crippen molar-refractivity contribution in [2.24, 2.45) is 4.99 Å². The lowest BCUT2D eigenvalue weighted by Gasteiger charge is -2.22. The van der Waals surface area contributed by atoms with Crippen LogP contribution in [0, 0.1) is 5.82 Å². The zero-order valence-electron chi connectivity index (χ0n) is 16.3. The topological polar surface area (TPSA) is 56.7 Å². The molecule has 0 aromatic heterocycles. The summed E-state index contributed by atoms with van der Waals surface area (Å²) in [4.78, 5) is 18.4. The van der Waals surface area contributed by atoms with Crippen LogP contribution in [0.15, 0.2) is 59.6 Å². The highest BCUT2D eigenvalue weighted by Gasteiger charge is 2.08. The minimum atomic E-state index is -0.252. The van der Waals surface area contributed by atoms with Crippen molar-refractivity contribution in [2.45, 2.75) is 26.4 Å². The van der Waals surface area contributed by atoms with Crippen molar-refractivity contribution in [3.63, 3.8) is 0 Å². The molecule has 0 atom stereocenters. The fourth-order valence-corrected chi connectivity index (χ4v) is 2.60. The Morgan fingerprint density at radius 3 is 2.46 bits per heavy atom. The van der Waals surface area contributed by atoms with E-state index in [9.17, 15) is 9.18 Å². The maximum atomic E-state index is 13.3. The Morgan fingerprint density at radius 2 is 1.79 bits per heavy atom.